The summed E-state index contributed by atoms with van der Waals surface area (Å²) in [4.78, 5) is 58.2. The van der Waals surface area contributed by atoms with Crippen molar-refractivity contribution >= 4 is 56.8 Å². The molecule has 1 saturated carbocycles. The first-order chi connectivity index (χ1) is 31.1. The van der Waals surface area contributed by atoms with Gasteiger partial charge >= 0.3 is 5.69 Å². The third-order valence-corrected chi connectivity index (χ3v) is 12.6. The van der Waals surface area contributed by atoms with Gasteiger partial charge in [0.2, 0.25) is 11.8 Å². The minimum Gasteiger partial charge on any atom is -0.379 e. The lowest BCUT2D eigenvalue weighted by Crippen LogP contribution is -2.44. The summed E-state index contributed by atoms with van der Waals surface area (Å²) in [6, 6.07) is 12.5. The van der Waals surface area contributed by atoms with Gasteiger partial charge in [-0.2, -0.15) is 15.3 Å². The summed E-state index contributed by atoms with van der Waals surface area (Å²) in [5.41, 5.74) is 3.50. The Labute approximate surface area is 363 Å². The summed E-state index contributed by atoms with van der Waals surface area (Å²) in [5, 5.41) is 19.2. The van der Waals surface area contributed by atoms with Crippen LogP contribution >= 0.6 is 0 Å². The van der Waals surface area contributed by atoms with E-state index in [4.69, 9.17) is 14.6 Å². The maximum Gasteiger partial charge on any atom is 0.329 e. The number of imide groups is 1. The van der Waals surface area contributed by atoms with Crippen molar-refractivity contribution in [2.45, 2.75) is 63.6 Å². The summed E-state index contributed by atoms with van der Waals surface area (Å²) < 4.78 is 48.0. The molecule has 1 aliphatic carbocycles. The standard InChI is InChI=1S/C44H46F2N12O6/c1-53-39-30(3-2-4-34(39)58(44(53)62)35-11-12-37(59)50-43(35)61)27-7-10-32-28(21-27)23-55(51-32)17-20-64-25-26-5-8-29(9-6-26)57-24-33(38(52-57)40(45)46)48-42(60)31-22-47-56-14-13-36(49-41(31)56)54-15-18-63-19-16-54/h2-4,7,10,13-14,21-24,26,29,35,40H,5-6,8-9,11-12,15-20,25H2,1H3,(H,48,60)(H,50,59,61). The number of amides is 3. The molecule has 2 saturated heterocycles. The van der Waals surface area contributed by atoms with Crippen molar-refractivity contribution in [2.24, 2.45) is 13.0 Å². The molecule has 1 atom stereocenters. The molecule has 18 nitrogen and oxygen atoms in total. The van der Waals surface area contributed by atoms with Crippen molar-refractivity contribution in [1.29, 1.82) is 0 Å². The summed E-state index contributed by atoms with van der Waals surface area (Å²) in [6.07, 6.45) is 7.23. The Bertz CT molecular complexity index is 2970. The molecule has 0 bridgehead atoms. The molecule has 5 aromatic heterocycles. The summed E-state index contributed by atoms with van der Waals surface area (Å²) in [6.45, 7) is 4.03. The molecular weight excluding hydrogens is 831 g/mol. The summed E-state index contributed by atoms with van der Waals surface area (Å²) in [5.74, 6) is -0.429. The highest BCUT2D eigenvalue weighted by Gasteiger charge is 2.32. The number of hydrogen-bond acceptors (Lipinski definition) is 11. The molecule has 3 fully saturated rings. The molecule has 10 rings (SSSR count). The number of imidazole rings is 1. The lowest BCUT2D eigenvalue weighted by atomic mass is 9.86. The third-order valence-electron chi connectivity index (χ3n) is 12.6. The van der Waals surface area contributed by atoms with Gasteiger partial charge in [0.15, 0.2) is 11.3 Å². The average molecular weight is 877 g/mol. The third kappa shape index (κ3) is 7.80. The van der Waals surface area contributed by atoms with Crippen LogP contribution in [0, 0.1) is 5.92 Å². The lowest BCUT2D eigenvalue weighted by Gasteiger charge is -2.28. The van der Waals surface area contributed by atoms with Crippen LogP contribution in [-0.4, -0.2) is 101 Å². The van der Waals surface area contributed by atoms with Gasteiger partial charge in [-0.05, 0) is 67.9 Å². The maximum absolute atomic E-state index is 14.2. The van der Waals surface area contributed by atoms with Gasteiger partial charge in [-0.3, -0.25) is 38.2 Å². The number of nitrogens with zero attached hydrogens (tertiary/aromatic N) is 10. The largest absolute Gasteiger partial charge is 0.379 e. The minimum atomic E-state index is -2.89. The molecule has 2 aliphatic heterocycles. The Morgan fingerprint density at radius 1 is 1.02 bits per heavy atom. The molecule has 2 N–H and O–H groups in total. The number of ether oxygens (including phenoxy) is 2. The fourth-order valence-electron chi connectivity index (χ4n) is 9.27. The second-order valence-electron chi connectivity index (χ2n) is 16.6. The zero-order valence-corrected chi connectivity index (χ0v) is 35.0. The number of morpholine rings is 1. The highest BCUT2D eigenvalue weighted by atomic mass is 19.3. The van der Waals surface area contributed by atoms with Crippen LogP contribution in [0.1, 0.15) is 73.1 Å². The quantitative estimate of drug-likeness (QED) is 0.124. The van der Waals surface area contributed by atoms with E-state index in [2.05, 4.69) is 30.7 Å². The molecule has 1 unspecified atom stereocenters. The molecule has 7 heterocycles. The Balaban J connectivity index is 0.740. The van der Waals surface area contributed by atoms with Crippen molar-refractivity contribution in [1.82, 2.24) is 48.6 Å². The summed E-state index contributed by atoms with van der Waals surface area (Å²) in [7, 11) is 1.69. The van der Waals surface area contributed by atoms with Gasteiger partial charge in [-0.15, -0.1) is 0 Å². The van der Waals surface area contributed by atoms with E-state index in [0.29, 0.717) is 74.5 Å². The number of piperidine rings is 1. The van der Waals surface area contributed by atoms with Crippen LogP contribution in [0.4, 0.5) is 20.3 Å². The van der Waals surface area contributed by atoms with Gasteiger partial charge in [0.1, 0.15) is 17.4 Å². The first-order valence-electron chi connectivity index (χ1n) is 21.5. The predicted molar refractivity (Wildman–Crippen MR) is 230 cm³/mol. The number of rotatable bonds is 12. The van der Waals surface area contributed by atoms with Crippen molar-refractivity contribution in [2.75, 3.05) is 49.7 Å². The van der Waals surface area contributed by atoms with E-state index >= 15 is 0 Å². The minimum absolute atomic E-state index is 0.0392. The fraction of sp³-hybridized carbons (Fsp3) is 0.409. The molecular formula is C44H46F2N12O6. The van der Waals surface area contributed by atoms with Gasteiger partial charge in [-0.1, -0.05) is 18.2 Å². The van der Waals surface area contributed by atoms with Gasteiger partial charge < -0.3 is 19.7 Å². The monoisotopic (exact) mass is 876 g/mol. The number of fused-ring (bicyclic) bond motifs is 3. The summed E-state index contributed by atoms with van der Waals surface area (Å²) >= 11 is 0. The van der Waals surface area contributed by atoms with Crippen LogP contribution in [-0.2, 0) is 32.7 Å². The average Bonchev–Trinajstić information content (AvgIpc) is 4.09. The Morgan fingerprint density at radius 2 is 1.84 bits per heavy atom. The zero-order valence-electron chi connectivity index (χ0n) is 35.0. The zero-order chi connectivity index (χ0) is 44.1. The van der Waals surface area contributed by atoms with E-state index in [1.54, 1.807) is 22.5 Å². The Hall–Kier alpha value is -6.80. The van der Waals surface area contributed by atoms with E-state index in [1.165, 1.54) is 21.5 Å². The second-order valence-corrected chi connectivity index (χ2v) is 16.6. The number of aromatic nitrogens is 9. The van der Waals surface area contributed by atoms with Crippen molar-refractivity contribution in [3.8, 4) is 11.1 Å². The molecule has 20 heteroatoms. The first kappa shape index (κ1) is 41.2. The van der Waals surface area contributed by atoms with Crippen LogP contribution in [0.3, 0.4) is 0 Å². The molecule has 332 valence electrons. The molecule has 64 heavy (non-hydrogen) atoms. The van der Waals surface area contributed by atoms with Gasteiger partial charge in [0.05, 0.1) is 60.8 Å². The highest BCUT2D eigenvalue weighted by Crippen LogP contribution is 2.36. The van der Waals surface area contributed by atoms with E-state index in [9.17, 15) is 28.0 Å². The molecule has 7 aromatic rings. The van der Waals surface area contributed by atoms with Crippen LogP contribution in [0.5, 0.6) is 0 Å². The topological polar surface area (TPSA) is 190 Å². The Morgan fingerprint density at radius 3 is 2.64 bits per heavy atom. The smallest absolute Gasteiger partial charge is 0.329 e. The normalized spacial score (nSPS) is 19.6. The van der Waals surface area contributed by atoms with Gasteiger partial charge in [0, 0.05) is 62.7 Å². The number of anilines is 2. The Kier molecular flexibility index (Phi) is 11.0. The number of hydrogen-bond donors (Lipinski definition) is 2. The van der Waals surface area contributed by atoms with E-state index < -0.39 is 30.0 Å². The van der Waals surface area contributed by atoms with Crippen molar-refractivity contribution in [3.63, 3.8) is 0 Å². The predicted octanol–water partition coefficient (Wildman–Crippen LogP) is 5.05. The maximum atomic E-state index is 14.2. The van der Waals surface area contributed by atoms with Crippen LogP contribution in [0.25, 0.3) is 38.7 Å². The van der Waals surface area contributed by atoms with E-state index in [-0.39, 0.29) is 41.7 Å². The van der Waals surface area contributed by atoms with Crippen molar-refractivity contribution < 1.29 is 32.6 Å². The number of aryl methyl sites for hydroxylation is 1. The first-order valence-corrected chi connectivity index (χ1v) is 21.5. The van der Waals surface area contributed by atoms with Crippen LogP contribution in [0.2, 0.25) is 0 Å². The lowest BCUT2D eigenvalue weighted by molar-refractivity contribution is -0.135. The molecule has 3 amide bonds. The van der Waals surface area contributed by atoms with Gasteiger partial charge in [0.25, 0.3) is 12.3 Å². The molecule has 3 aliphatic rings. The van der Waals surface area contributed by atoms with Crippen molar-refractivity contribution in [3.05, 3.63) is 89.0 Å². The number of nitrogens with one attached hydrogen (secondary N) is 2. The highest BCUT2D eigenvalue weighted by molar-refractivity contribution is 6.08. The number of benzene rings is 2. The van der Waals surface area contributed by atoms with E-state index in [1.807, 2.05) is 53.3 Å². The second kappa shape index (κ2) is 17.1. The van der Waals surface area contributed by atoms with E-state index in [0.717, 1.165) is 47.7 Å². The van der Waals surface area contributed by atoms with Crippen LogP contribution < -0.4 is 21.2 Å². The number of alkyl halides is 2. The number of para-hydroxylation sites is 1. The SMILES string of the molecule is Cn1c(=O)n(C2CCC(=O)NC2=O)c2cccc(-c3ccc4nn(CCOCC5CCC(n6cc(NC(=O)c7cnn8ccc(N9CCOCC9)nc78)c(C(F)F)n6)CC5)cc4c3)c21. The van der Waals surface area contributed by atoms with Gasteiger partial charge in [-0.25, -0.2) is 23.1 Å². The number of carbonyl (C=O) groups excluding carboxylic acids is 3. The fourth-order valence-corrected chi connectivity index (χ4v) is 9.27. The number of carbonyl (C=O) groups is 3. The molecule has 0 radical (unpaired) electrons. The molecule has 2 aromatic carbocycles. The molecule has 0 spiro atoms. The van der Waals surface area contributed by atoms with Crippen LogP contribution in [0.15, 0.2) is 72.0 Å². The number of halogens is 2.